The normalized spacial score (nSPS) is 9.89. The molecule has 0 bridgehead atoms. The van der Waals surface area contributed by atoms with Crippen molar-refractivity contribution in [2.75, 3.05) is 13.2 Å². The lowest BCUT2D eigenvalue weighted by Crippen LogP contribution is -2.26. The molecule has 1 aromatic carbocycles. The number of hydrogen-bond acceptors (Lipinski definition) is 4. The molecule has 0 aliphatic rings. The quantitative estimate of drug-likeness (QED) is 0.516. The summed E-state index contributed by atoms with van der Waals surface area (Å²) in [4.78, 5) is 21.8. The second-order valence-electron chi connectivity index (χ2n) is 3.69. The van der Waals surface area contributed by atoms with Gasteiger partial charge in [-0.2, -0.15) is 0 Å². The van der Waals surface area contributed by atoms with E-state index in [1.807, 2.05) is 18.2 Å². The maximum atomic E-state index is 10.9. The highest BCUT2D eigenvalue weighted by molar-refractivity contribution is 5.77. The molecule has 0 unspecified atom stereocenters. The van der Waals surface area contributed by atoms with E-state index in [4.69, 9.17) is 10.2 Å². The Morgan fingerprint density at radius 1 is 0.944 bits per heavy atom. The van der Waals surface area contributed by atoms with E-state index in [9.17, 15) is 9.59 Å². The van der Waals surface area contributed by atoms with E-state index >= 15 is 0 Å². The summed E-state index contributed by atoms with van der Waals surface area (Å²) in [6.45, 7) is -0.430. The summed E-state index contributed by atoms with van der Waals surface area (Å²) in [6, 6.07) is 7.29. The molecule has 18 heavy (non-hydrogen) atoms. The van der Waals surface area contributed by atoms with Gasteiger partial charge in [-0.3, -0.25) is 9.59 Å². The van der Waals surface area contributed by atoms with Gasteiger partial charge in [0.1, 0.15) is 13.2 Å². The zero-order chi connectivity index (χ0) is 13.4. The molecule has 0 fully saturated rings. The van der Waals surface area contributed by atoms with Crippen LogP contribution in [0.1, 0.15) is 11.1 Å². The Kier molecular flexibility index (Phi) is 5.83. The van der Waals surface area contributed by atoms with Gasteiger partial charge in [-0.15, -0.1) is 0 Å². The molecule has 2 amide bonds. The van der Waals surface area contributed by atoms with Crippen molar-refractivity contribution in [2.24, 2.45) is 0 Å². The molecule has 98 valence electrons. The van der Waals surface area contributed by atoms with Crippen LogP contribution in [-0.4, -0.2) is 35.2 Å². The molecule has 0 aliphatic carbocycles. The van der Waals surface area contributed by atoms with E-state index in [0.717, 1.165) is 11.1 Å². The van der Waals surface area contributed by atoms with Crippen LogP contribution in [-0.2, 0) is 22.7 Å². The molecule has 1 aromatic rings. The third-order valence-electron chi connectivity index (χ3n) is 2.26. The van der Waals surface area contributed by atoms with Crippen molar-refractivity contribution in [3.05, 3.63) is 35.4 Å². The first-order valence-corrected chi connectivity index (χ1v) is 5.48. The highest BCUT2D eigenvalue weighted by Crippen LogP contribution is 2.04. The topological polar surface area (TPSA) is 98.7 Å². The van der Waals surface area contributed by atoms with Crippen molar-refractivity contribution in [1.29, 1.82) is 0 Å². The number of benzene rings is 1. The monoisotopic (exact) mass is 252 g/mol. The molecule has 6 heteroatoms. The predicted octanol–water partition coefficient (Wildman–Crippen LogP) is -1.10. The predicted molar refractivity (Wildman–Crippen MR) is 64.3 cm³/mol. The lowest BCUT2D eigenvalue weighted by molar-refractivity contribution is -0.124. The summed E-state index contributed by atoms with van der Waals surface area (Å²) in [5, 5.41) is 22.2. The van der Waals surface area contributed by atoms with Gasteiger partial charge in [0.25, 0.3) is 0 Å². The average Bonchev–Trinajstić information content (AvgIpc) is 2.42. The molecular weight excluding hydrogens is 236 g/mol. The molecule has 4 N–H and O–H groups in total. The molecule has 0 radical (unpaired) electrons. The van der Waals surface area contributed by atoms with Gasteiger partial charge in [0, 0.05) is 13.1 Å². The Morgan fingerprint density at radius 3 is 1.78 bits per heavy atom. The highest BCUT2D eigenvalue weighted by atomic mass is 16.3. The second-order valence-corrected chi connectivity index (χ2v) is 3.69. The fourth-order valence-corrected chi connectivity index (χ4v) is 1.36. The zero-order valence-corrected chi connectivity index (χ0v) is 9.85. The molecule has 6 nitrogen and oxygen atoms in total. The minimum atomic E-state index is -0.535. The minimum Gasteiger partial charge on any atom is -0.387 e. The smallest absolute Gasteiger partial charge is 0.245 e. The Balaban J connectivity index is 2.51. The lowest BCUT2D eigenvalue weighted by Gasteiger charge is -2.07. The van der Waals surface area contributed by atoms with Gasteiger partial charge in [-0.05, 0) is 11.1 Å². The molecule has 0 atom stereocenters. The number of carbonyl (C=O) groups is 2. The van der Waals surface area contributed by atoms with Crippen LogP contribution < -0.4 is 10.6 Å². The van der Waals surface area contributed by atoms with Crippen LogP contribution in [0.4, 0.5) is 0 Å². The summed E-state index contributed by atoms with van der Waals surface area (Å²) in [5.41, 5.74) is 1.74. The maximum Gasteiger partial charge on any atom is 0.245 e. The van der Waals surface area contributed by atoms with Crippen LogP contribution in [0.25, 0.3) is 0 Å². The summed E-state index contributed by atoms with van der Waals surface area (Å²) < 4.78 is 0. The van der Waals surface area contributed by atoms with Crippen molar-refractivity contribution >= 4 is 11.8 Å². The third-order valence-corrected chi connectivity index (χ3v) is 2.26. The Bertz CT molecular complexity index is 385. The third kappa shape index (κ3) is 4.94. The second kappa shape index (κ2) is 7.41. The average molecular weight is 252 g/mol. The Hall–Kier alpha value is -1.92. The first kappa shape index (κ1) is 14.1. The van der Waals surface area contributed by atoms with Gasteiger partial charge >= 0.3 is 0 Å². The molecular formula is C12H16N2O4. The summed E-state index contributed by atoms with van der Waals surface area (Å²) in [6.07, 6.45) is 0. The molecule has 1 rings (SSSR count). The summed E-state index contributed by atoms with van der Waals surface area (Å²) in [5.74, 6) is -0.872. The van der Waals surface area contributed by atoms with Gasteiger partial charge in [-0.25, -0.2) is 0 Å². The van der Waals surface area contributed by atoms with Gasteiger partial charge in [-0.1, -0.05) is 24.3 Å². The molecule has 0 aliphatic heterocycles. The maximum absolute atomic E-state index is 10.9. The fourth-order valence-electron chi connectivity index (χ4n) is 1.36. The molecule has 0 heterocycles. The van der Waals surface area contributed by atoms with E-state index in [0.29, 0.717) is 13.1 Å². The Morgan fingerprint density at radius 2 is 1.39 bits per heavy atom. The van der Waals surface area contributed by atoms with E-state index in [1.54, 1.807) is 6.07 Å². The van der Waals surface area contributed by atoms with Crippen molar-refractivity contribution in [3.8, 4) is 0 Å². The molecule has 0 saturated carbocycles. The Labute approximate surface area is 105 Å². The number of rotatable bonds is 6. The first-order chi connectivity index (χ1) is 8.65. The largest absolute Gasteiger partial charge is 0.387 e. The van der Waals surface area contributed by atoms with Gasteiger partial charge in [0.2, 0.25) is 11.8 Å². The first-order valence-electron chi connectivity index (χ1n) is 5.48. The number of aliphatic hydroxyl groups excluding tert-OH is 2. The van der Waals surface area contributed by atoms with Crippen LogP contribution >= 0.6 is 0 Å². The minimum absolute atomic E-state index is 0.321. The van der Waals surface area contributed by atoms with Gasteiger partial charge < -0.3 is 20.8 Å². The summed E-state index contributed by atoms with van der Waals surface area (Å²) in [7, 11) is 0. The van der Waals surface area contributed by atoms with Crippen LogP contribution in [0.2, 0.25) is 0 Å². The molecule has 0 saturated heterocycles. The van der Waals surface area contributed by atoms with Crippen LogP contribution in [0.15, 0.2) is 24.3 Å². The van der Waals surface area contributed by atoms with Crippen molar-refractivity contribution in [2.45, 2.75) is 13.1 Å². The van der Waals surface area contributed by atoms with E-state index < -0.39 is 25.0 Å². The number of aliphatic hydroxyl groups is 2. The van der Waals surface area contributed by atoms with E-state index in [-0.39, 0.29) is 0 Å². The van der Waals surface area contributed by atoms with Crippen molar-refractivity contribution in [3.63, 3.8) is 0 Å². The van der Waals surface area contributed by atoms with Crippen molar-refractivity contribution < 1.29 is 19.8 Å². The number of nitrogens with one attached hydrogen (secondary N) is 2. The number of carbonyl (C=O) groups excluding carboxylic acids is 2. The van der Waals surface area contributed by atoms with Crippen LogP contribution in [0.5, 0.6) is 0 Å². The zero-order valence-electron chi connectivity index (χ0n) is 9.85. The van der Waals surface area contributed by atoms with Gasteiger partial charge in [0.05, 0.1) is 0 Å². The van der Waals surface area contributed by atoms with Crippen LogP contribution in [0.3, 0.4) is 0 Å². The lowest BCUT2D eigenvalue weighted by atomic mass is 10.1. The van der Waals surface area contributed by atoms with E-state index in [2.05, 4.69) is 10.6 Å². The van der Waals surface area contributed by atoms with Crippen molar-refractivity contribution in [1.82, 2.24) is 10.6 Å². The number of amides is 2. The standard InChI is InChI=1S/C12H16N2O4/c15-7-11(17)13-5-9-2-1-3-10(4-9)6-14-12(18)8-16/h1-4,15-16H,5-8H2,(H,13,17)(H,14,18). The SMILES string of the molecule is O=C(CO)NCc1cccc(CNC(=O)CO)c1. The number of hydrogen-bond donors (Lipinski definition) is 4. The summed E-state index contributed by atoms with van der Waals surface area (Å²) >= 11 is 0. The van der Waals surface area contributed by atoms with Crippen LogP contribution in [0, 0.1) is 0 Å². The highest BCUT2D eigenvalue weighted by Gasteiger charge is 2.01. The van der Waals surface area contributed by atoms with E-state index in [1.165, 1.54) is 0 Å². The molecule has 0 aromatic heterocycles. The fraction of sp³-hybridized carbons (Fsp3) is 0.333. The van der Waals surface area contributed by atoms with Gasteiger partial charge in [0.15, 0.2) is 0 Å². The molecule has 0 spiro atoms.